The maximum Gasteiger partial charge on any atom is 0.123 e. The van der Waals surface area contributed by atoms with Crippen molar-refractivity contribution in [2.45, 2.75) is 39.0 Å². The van der Waals surface area contributed by atoms with Crippen molar-refractivity contribution in [2.24, 2.45) is 5.92 Å². The van der Waals surface area contributed by atoms with E-state index in [0.29, 0.717) is 0 Å². The summed E-state index contributed by atoms with van der Waals surface area (Å²) in [6, 6.07) is 0. The van der Waals surface area contributed by atoms with Crippen LogP contribution in [0.1, 0.15) is 39.0 Å². The first kappa shape index (κ1) is 7.56. The summed E-state index contributed by atoms with van der Waals surface area (Å²) in [7, 11) is 0. The lowest BCUT2D eigenvalue weighted by Gasteiger charge is -2.04. The molecule has 0 radical (unpaired) electrons. The van der Waals surface area contributed by atoms with Gasteiger partial charge >= 0.3 is 0 Å². The minimum Gasteiger partial charge on any atom is -0.234 e. The van der Waals surface area contributed by atoms with Gasteiger partial charge in [0.2, 0.25) is 0 Å². The third-order valence-electron chi connectivity index (χ3n) is 2.24. The summed E-state index contributed by atoms with van der Waals surface area (Å²) in [6.45, 7) is 1.88. The maximum atomic E-state index is 10.1. The van der Waals surface area contributed by atoms with Gasteiger partial charge in [-0.3, -0.25) is 0 Å². The molecule has 0 N–H and O–H groups in total. The molecule has 0 unspecified atom stereocenters. The molecule has 1 aliphatic rings. The Labute approximate surface area is 62.1 Å². The molecule has 1 saturated carbocycles. The molecule has 0 saturated heterocycles. The summed E-state index contributed by atoms with van der Waals surface area (Å²) in [5.74, 6) is 2.75. The molecule has 0 amide bonds. The molecule has 56 valence electrons. The molecule has 0 bridgehead atoms. The lowest BCUT2D eigenvalue weighted by Crippen LogP contribution is -1.93. The van der Waals surface area contributed by atoms with E-state index in [9.17, 15) is 4.79 Å². The fraction of sp³-hybridized carbons (Fsp3) is 0.778. The zero-order chi connectivity index (χ0) is 7.40. The van der Waals surface area contributed by atoms with Crippen LogP contribution in [0.4, 0.5) is 0 Å². The van der Waals surface area contributed by atoms with E-state index in [1.54, 1.807) is 0 Å². The highest BCUT2D eigenvalue weighted by Gasteiger charge is 2.14. The predicted octanol–water partition coefficient (Wildman–Crippen LogP) is 2.34. The van der Waals surface area contributed by atoms with Gasteiger partial charge < -0.3 is 0 Å². The zero-order valence-electron chi connectivity index (χ0n) is 6.52. The Hall–Kier alpha value is -0.550. The standard InChI is InChI=1S/C9H14O/c1-8(7-10)6-9-4-2-3-5-9/h9H,2-6H2,1H3. The Balaban J connectivity index is 2.30. The van der Waals surface area contributed by atoms with Crippen LogP contribution in [0.15, 0.2) is 5.57 Å². The van der Waals surface area contributed by atoms with Gasteiger partial charge in [-0.25, -0.2) is 4.79 Å². The maximum absolute atomic E-state index is 10.1. The Bertz CT molecular complexity index is 148. The molecule has 1 heteroatoms. The fourth-order valence-electron chi connectivity index (χ4n) is 1.69. The Morgan fingerprint density at radius 2 is 2.10 bits per heavy atom. The summed E-state index contributed by atoms with van der Waals surface area (Å²) in [6.07, 6.45) is 6.34. The van der Waals surface area contributed by atoms with Crippen molar-refractivity contribution >= 4 is 5.94 Å². The molecule has 0 heterocycles. The van der Waals surface area contributed by atoms with Crippen molar-refractivity contribution in [2.75, 3.05) is 0 Å². The number of hydrogen-bond acceptors (Lipinski definition) is 1. The SMILES string of the molecule is CC(=C=O)CC1CCCC1. The largest absolute Gasteiger partial charge is 0.234 e. The quantitative estimate of drug-likeness (QED) is 0.535. The second-order valence-corrected chi connectivity index (χ2v) is 3.24. The third kappa shape index (κ3) is 2.00. The number of rotatable bonds is 2. The van der Waals surface area contributed by atoms with E-state index in [1.807, 2.05) is 12.9 Å². The van der Waals surface area contributed by atoms with Crippen LogP contribution in [-0.2, 0) is 4.79 Å². The predicted molar refractivity (Wildman–Crippen MR) is 41.5 cm³/mol. The van der Waals surface area contributed by atoms with Crippen molar-refractivity contribution < 1.29 is 4.79 Å². The van der Waals surface area contributed by atoms with Crippen molar-refractivity contribution in [3.05, 3.63) is 5.57 Å². The van der Waals surface area contributed by atoms with E-state index in [4.69, 9.17) is 0 Å². The summed E-state index contributed by atoms with van der Waals surface area (Å²) in [5, 5.41) is 0. The first-order valence-corrected chi connectivity index (χ1v) is 4.03. The van der Waals surface area contributed by atoms with Crippen molar-refractivity contribution in [1.29, 1.82) is 0 Å². The van der Waals surface area contributed by atoms with E-state index >= 15 is 0 Å². The summed E-state index contributed by atoms with van der Waals surface area (Å²) < 4.78 is 0. The summed E-state index contributed by atoms with van der Waals surface area (Å²) in [4.78, 5) is 10.1. The van der Waals surface area contributed by atoms with Crippen molar-refractivity contribution in [3.8, 4) is 0 Å². The van der Waals surface area contributed by atoms with Crippen LogP contribution >= 0.6 is 0 Å². The minimum absolute atomic E-state index is 0.793. The highest BCUT2D eigenvalue weighted by Crippen LogP contribution is 2.29. The van der Waals surface area contributed by atoms with Crippen LogP contribution in [0.2, 0.25) is 0 Å². The van der Waals surface area contributed by atoms with Gasteiger partial charge in [-0.05, 0) is 19.3 Å². The molecule has 1 rings (SSSR count). The minimum atomic E-state index is 0.793. The highest BCUT2D eigenvalue weighted by molar-refractivity contribution is 5.51. The molecule has 1 nitrogen and oxygen atoms in total. The zero-order valence-corrected chi connectivity index (χ0v) is 6.52. The Morgan fingerprint density at radius 3 is 2.60 bits per heavy atom. The molecule has 1 aliphatic carbocycles. The molecule has 10 heavy (non-hydrogen) atoms. The van der Waals surface area contributed by atoms with E-state index < -0.39 is 0 Å². The van der Waals surface area contributed by atoms with E-state index in [0.717, 1.165) is 17.9 Å². The van der Waals surface area contributed by atoms with Crippen molar-refractivity contribution in [1.82, 2.24) is 0 Å². The molecule has 1 fully saturated rings. The van der Waals surface area contributed by atoms with Crippen LogP contribution in [0.3, 0.4) is 0 Å². The molecule has 0 aromatic carbocycles. The van der Waals surface area contributed by atoms with Gasteiger partial charge in [0, 0.05) is 5.57 Å². The van der Waals surface area contributed by atoms with Gasteiger partial charge in [-0.1, -0.05) is 25.7 Å². The molecule has 0 spiro atoms. The van der Waals surface area contributed by atoms with Crippen LogP contribution in [0, 0.1) is 5.92 Å². The van der Waals surface area contributed by atoms with E-state index in [-0.39, 0.29) is 0 Å². The number of hydrogen-bond donors (Lipinski definition) is 0. The lowest BCUT2D eigenvalue weighted by molar-refractivity contribution is 0.534. The highest BCUT2D eigenvalue weighted by atomic mass is 16.1. The molecular formula is C9H14O. The monoisotopic (exact) mass is 138 g/mol. The molecular weight excluding hydrogens is 124 g/mol. The molecule has 0 aromatic rings. The van der Waals surface area contributed by atoms with Gasteiger partial charge in [0.15, 0.2) is 0 Å². The van der Waals surface area contributed by atoms with Crippen LogP contribution in [-0.4, -0.2) is 5.94 Å². The van der Waals surface area contributed by atoms with Gasteiger partial charge in [0.25, 0.3) is 0 Å². The van der Waals surface area contributed by atoms with Gasteiger partial charge in [0.1, 0.15) is 5.94 Å². The fourth-order valence-corrected chi connectivity index (χ4v) is 1.69. The normalized spacial score (nSPS) is 18.9. The van der Waals surface area contributed by atoms with Crippen LogP contribution in [0.5, 0.6) is 0 Å². The van der Waals surface area contributed by atoms with Crippen LogP contribution < -0.4 is 0 Å². The Morgan fingerprint density at radius 1 is 1.50 bits per heavy atom. The molecule has 0 aliphatic heterocycles. The molecule has 0 atom stereocenters. The van der Waals surface area contributed by atoms with E-state index in [1.165, 1.54) is 25.7 Å². The second-order valence-electron chi connectivity index (χ2n) is 3.24. The van der Waals surface area contributed by atoms with E-state index in [2.05, 4.69) is 0 Å². The average molecular weight is 138 g/mol. The molecule has 0 aromatic heterocycles. The second kappa shape index (κ2) is 3.58. The number of allylic oxidation sites excluding steroid dienone is 1. The number of carbonyl (C=O) groups excluding carboxylic acids is 1. The van der Waals surface area contributed by atoms with Crippen molar-refractivity contribution in [3.63, 3.8) is 0 Å². The van der Waals surface area contributed by atoms with Gasteiger partial charge in [-0.15, -0.1) is 0 Å². The third-order valence-corrected chi connectivity index (χ3v) is 2.24. The van der Waals surface area contributed by atoms with Crippen LogP contribution in [0.25, 0.3) is 0 Å². The summed E-state index contributed by atoms with van der Waals surface area (Å²) in [5.41, 5.74) is 0.895. The lowest BCUT2D eigenvalue weighted by atomic mass is 10.00. The Kier molecular flexibility index (Phi) is 2.70. The summed E-state index contributed by atoms with van der Waals surface area (Å²) >= 11 is 0. The average Bonchev–Trinajstić information content (AvgIpc) is 2.40. The first-order valence-electron chi connectivity index (χ1n) is 4.03. The first-order chi connectivity index (χ1) is 4.83. The topological polar surface area (TPSA) is 17.1 Å². The smallest absolute Gasteiger partial charge is 0.123 e. The van der Waals surface area contributed by atoms with Gasteiger partial charge in [-0.2, -0.15) is 0 Å². The van der Waals surface area contributed by atoms with Gasteiger partial charge in [0.05, 0.1) is 0 Å².